The van der Waals surface area contributed by atoms with Crippen molar-refractivity contribution in [3.05, 3.63) is 47.3 Å². The van der Waals surface area contributed by atoms with E-state index < -0.39 is 0 Å². The van der Waals surface area contributed by atoms with Gasteiger partial charge in [-0.15, -0.1) is 11.8 Å². The Morgan fingerprint density at radius 2 is 1.83 bits per heavy atom. The van der Waals surface area contributed by atoms with Crippen molar-refractivity contribution < 1.29 is 19.0 Å². The molecule has 30 heavy (non-hydrogen) atoms. The molecule has 6 nitrogen and oxygen atoms in total. The standard InChI is InChI=1S/C22H26N2O4S2/c1-26-12-11-24-17-14-18(27-2)19(28-3)15-20(17)30-22(24)23-21(25)10-7-13-29-16-8-5-4-6-9-16/h4-6,8-9,14-15H,7,10-13H2,1-3H3. The highest BCUT2D eigenvalue weighted by molar-refractivity contribution is 7.99. The monoisotopic (exact) mass is 446 g/mol. The lowest BCUT2D eigenvalue weighted by molar-refractivity contribution is -0.118. The molecule has 0 aliphatic heterocycles. The van der Waals surface area contributed by atoms with Gasteiger partial charge in [-0.05, 0) is 24.3 Å². The van der Waals surface area contributed by atoms with Crippen molar-refractivity contribution in [2.24, 2.45) is 4.99 Å². The Morgan fingerprint density at radius 1 is 1.10 bits per heavy atom. The molecule has 0 saturated carbocycles. The van der Waals surface area contributed by atoms with Crippen molar-refractivity contribution in [2.75, 3.05) is 33.7 Å². The van der Waals surface area contributed by atoms with Gasteiger partial charge in [-0.2, -0.15) is 4.99 Å². The number of thioether (sulfide) groups is 1. The summed E-state index contributed by atoms with van der Waals surface area (Å²) in [5.74, 6) is 2.07. The molecule has 0 bridgehead atoms. The van der Waals surface area contributed by atoms with Crippen LogP contribution in [0.15, 0.2) is 52.4 Å². The van der Waals surface area contributed by atoms with Gasteiger partial charge in [0.15, 0.2) is 16.3 Å². The third kappa shape index (κ3) is 5.65. The quantitative estimate of drug-likeness (QED) is 0.342. The van der Waals surface area contributed by atoms with E-state index in [4.69, 9.17) is 14.2 Å². The van der Waals surface area contributed by atoms with E-state index in [1.54, 1.807) is 33.1 Å². The van der Waals surface area contributed by atoms with Crippen LogP contribution in [0.4, 0.5) is 0 Å². The van der Waals surface area contributed by atoms with Crippen LogP contribution in [0, 0.1) is 0 Å². The Kier molecular flexibility index (Phi) is 8.36. The Morgan fingerprint density at radius 3 is 2.53 bits per heavy atom. The highest BCUT2D eigenvalue weighted by Gasteiger charge is 2.13. The topological polar surface area (TPSA) is 62.1 Å². The average Bonchev–Trinajstić information content (AvgIpc) is 3.10. The number of rotatable bonds is 10. The zero-order chi connectivity index (χ0) is 21.3. The Balaban J connectivity index is 1.78. The summed E-state index contributed by atoms with van der Waals surface area (Å²) in [4.78, 5) is 18.8. The summed E-state index contributed by atoms with van der Waals surface area (Å²) in [7, 11) is 4.88. The van der Waals surface area contributed by atoms with Gasteiger partial charge in [-0.3, -0.25) is 4.79 Å². The summed E-state index contributed by atoms with van der Waals surface area (Å²) in [6, 6.07) is 14.0. The Labute approximate surface area is 184 Å². The smallest absolute Gasteiger partial charge is 0.248 e. The Bertz CT molecular complexity index is 1040. The predicted molar refractivity (Wildman–Crippen MR) is 122 cm³/mol. The molecule has 0 aliphatic rings. The van der Waals surface area contributed by atoms with E-state index in [1.807, 2.05) is 34.9 Å². The van der Waals surface area contributed by atoms with Gasteiger partial charge in [-0.25, -0.2) is 0 Å². The summed E-state index contributed by atoms with van der Waals surface area (Å²) in [5, 5.41) is 0. The van der Waals surface area contributed by atoms with Gasteiger partial charge in [0.05, 0.1) is 31.0 Å². The molecule has 0 radical (unpaired) electrons. The van der Waals surface area contributed by atoms with Crippen LogP contribution in [-0.4, -0.2) is 44.2 Å². The van der Waals surface area contributed by atoms with Gasteiger partial charge in [0.25, 0.3) is 0 Å². The Hall–Kier alpha value is -2.29. The van der Waals surface area contributed by atoms with Crippen LogP contribution < -0.4 is 14.3 Å². The molecule has 0 spiro atoms. The second-order valence-corrected chi connectivity index (χ2v) is 8.65. The minimum absolute atomic E-state index is 0.111. The lowest BCUT2D eigenvalue weighted by Crippen LogP contribution is -2.19. The van der Waals surface area contributed by atoms with Gasteiger partial charge in [-0.1, -0.05) is 29.5 Å². The normalized spacial score (nSPS) is 11.8. The molecule has 1 heterocycles. The predicted octanol–water partition coefficient (Wildman–Crippen LogP) is 4.37. The van der Waals surface area contributed by atoms with Crippen molar-refractivity contribution in [3.63, 3.8) is 0 Å². The maximum Gasteiger partial charge on any atom is 0.248 e. The van der Waals surface area contributed by atoms with E-state index in [1.165, 1.54) is 16.2 Å². The largest absolute Gasteiger partial charge is 0.493 e. The second kappa shape index (κ2) is 11.2. The summed E-state index contributed by atoms with van der Waals surface area (Å²) in [5.41, 5.74) is 0.945. The molecule has 160 valence electrons. The SMILES string of the molecule is COCCn1c(=NC(=O)CCCSc2ccccc2)sc2cc(OC)c(OC)cc21. The van der Waals surface area contributed by atoms with Crippen LogP contribution in [0.5, 0.6) is 11.5 Å². The molecule has 0 N–H and O–H groups in total. The number of thiazole rings is 1. The minimum atomic E-state index is -0.111. The third-order valence-electron chi connectivity index (χ3n) is 4.47. The maximum atomic E-state index is 12.5. The number of amides is 1. The zero-order valence-electron chi connectivity index (χ0n) is 17.4. The van der Waals surface area contributed by atoms with Crippen LogP contribution in [0.2, 0.25) is 0 Å². The van der Waals surface area contributed by atoms with E-state index in [0.717, 1.165) is 22.4 Å². The number of aromatic nitrogens is 1. The molecule has 0 fully saturated rings. The molecular weight excluding hydrogens is 420 g/mol. The number of fused-ring (bicyclic) bond motifs is 1. The van der Waals surface area contributed by atoms with E-state index in [-0.39, 0.29) is 5.91 Å². The van der Waals surface area contributed by atoms with Crippen LogP contribution in [-0.2, 0) is 16.1 Å². The van der Waals surface area contributed by atoms with Gasteiger partial charge >= 0.3 is 0 Å². The van der Waals surface area contributed by atoms with Crippen molar-refractivity contribution in [3.8, 4) is 11.5 Å². The summed E-state index contributed by atoms with van der Waals surface area (Å²) >= 11 is 3.22. The molecule has 0 aliphatic carbocycles. The highest BCUT2D eigenvalue weighted by Crippen LogP contribution is 2.33. The number of carbonyl (C=O) groups excluding carboxylic acids is 1. The average molecular weight is 447 g/mol. The molecular formula is C22H26N2O4S2. The highest BCUT2D eigenvalue weighted by atomic mass is 32.2. The molecule has 1 aromatic heterocycles. The first-order valence-corrected chi connectivity index (χ1v) is 11.5. The molecule has 3 rings (SSSR count). The fourth-order valence-corrected chi connectivity index (χ4v) is 4.93. The van der Waals surface area contributed by atoms with E-state index in [2.05, 4.69) is 17.1 Å². The number of hydrogen-bond acceptors (Lipinski definition) is 6. The lowest BCUT2D eigenvalue weighted by Gasteiger charge is -2.09. The van der Waals surface area contributed by atoms with Gasteiger partial charge in [0, 0.05) is 37.1 Å². The molecule has 8 heteroatoms. The van der Waals surface area contributed by atoms with Crippen LogP contribution in [0.25, 0.3) is 10.2 Å². The van der Waals surface area contributed by atoms with Crippen molar-refractivity contribution >= 4 is 39.2 Å². The van der Waals surface area contributed by atoms with E-state index >= 15 is 0 Å². The first-order valence-electron chi connectivity index (χ1n) is 9.66. The number of benzene rings is 2. The molecule has 0 atom stereocenters. The molecule has 0 unspecified atom stereocenters. The van der Waals surface area contributed by atoms with Crippen LogP contribution in [0.3, 0.4) is 0 Å². The first-order chi connectivity index (χ1) is 14.7. The number of hydrogen-bond donors (Lipinski definition) is 0. The number of nitrogens with zero attached hydrogens (tertiary/aromatic N) is 2. The van der Waals surface area contributed by atoms with Gasteiger partial charge in [0.2, 0.25) is 5.91 Å². The third-order valence-corrected chi connectivity index (χ3v) is 6.61. The zero-order valence-corrected chi connectivity index (χ0v) is 19.1. The number of carbonyl (C=O) groups is 1. The van der Waals surface area contributed by atoms with Gasteiger partial charge in [0.1, 0.15) is 0 Å². The molecule has 2 aromatic carbocycles. The van der Waals surface area contributed by atoms with Crippen LogP contribution >= 0.6 is 23.1 Å². The molecule has 3 aromatic rings. The number of ether oxygens (including phenoxy) is 3. The lowest BCUT2D eigenvalue weighted by atomic mass is 10.3. The minimum Gasteiger partial charge on any atom is -0.493 e. The van der Waals surface area contributed by atoms with E-state index in [9.17, 15) is 4.79 Å². The maximum absolute atomic E-state index is 12.5. The molecule has 0 saturated heterocycles. The van der Waals surface area contributed by atoms with Gasteiger partial charge < -0.3 is 18.8 Å². The van der Waals surface area contributed by atoms with Crippen molar-refractivity contribution in [2.45, 2.75) is 24.3 Å². The second-order valence-electron chi connectivity index (χ2n) is 6.47. The molecule has 1 amide bonds. The summed E-state index contributed by atoms with van der Waals surface area (Å²) < 4.78 is 19.1. The van der Waals surface area contributed by atoms with Crippen LogP contribution in [0.1, 0.15) is 12.8 Å². The summed E-state index contributed by atoms with van der Waals surface area (Å²) in [6.45, 7) is 1.12. The fraction of sp³-hybridized carbons (Fsp3) is 0.364. The summed E-state index contributed by atoms with van der Waals surface area (Å²) in [6.07, 6.45) is 1.21. The van der Waals surface area contributed by atoms with E-state index in [0.29, 0.717) is 35.9 Å². The number of methoxy groups -OCH3 is 3. The fourth-order valence-electron chi connectivity index (χ4n) is 2.97. The first kappa shape index (κ1) is 22.4. The van der Waals surface area contributed by atoms with Crippen molar-refractivity contribution in [1.29, 1.82) is 0 Å². The van der Waals surface area contributed by atoms with Crippen molar-refractivity contribution in [1.82, 2.24) is 4.57 Å².